The zero-order chi connectivity index (χ0) is 14.5. The van der Waals surface area contributed by atoms with Crippen LogP contribution in [-0.2, 0) is 4.74 Å². The van der Waals surface area contributed by atoms with Crippen molar-refractivity contribution in [3.8, 4) is 6.07 Å². The molecule has 102 valence electrons. The number of nitriles is 1. The van der Waals surface area contributed by atoms with Crippen LogP contribution < -0.4 is 5.73 Å². The van der Waals surface area contributed by atoms with Crippen molar-refractivity contribution in [3.05, 3.63) is 29.6 Å². The van der Waals surface area contributed by atoms with Crippen LogP contribution in [-0.4, -0.2) is 12.6 Å². The topological polar surface area (TPSA) is 76.1 Å². The summed E-state index contributed by atoms with van der Waals surface area (Å²) in [6.45, 7) is 3.88. The molecule has 0 aliphatic heterocycles. The fourth-order valence-electron chi connectivity index (χ4n) is 1.49. The number of nitrogens with two attached hydrogens (primary N) is 1. The second-order valence-corrected chi connectivity index (χ2v) is 4.97. The highest BCUT2D eigenvalue weighted by Gasteiger charge is 2.16. The first kappa shape index (κ1) is 15.0. The standard InChI is InChI=1S/C14H17FN2O2/c1-14(2,9-16)6-3-7-19-13(18)10-4-5-11(15)12(17)8-10/h4-5,8H,3,6-7,17H2,1-2H3. The molecular formula is C14H17FN2O2. The zero-order valence-corrected chi connectivity index (χ0v) is 11.1. The third-order valence-electron chi connectivity index (χ3n) is 2.71. The highest BCUT2D eigenvalue weighted by Crippen LogP contribution is 2.20. The van der Waals surface area contributed by atoms with Crippen molar-refractivity contribution in [3.63, 3.8) is 0 Å². The Morgan fingerprint density at radius 2 is 2.21 bits per heavy atom. The van der Waals surface area contributed by atoms with Gasteiger partial charge in [-0.25, -0.2) is 9.18 Å². The van der Waals surface area contributed by atoms with Gasteiger partial charge in [0.05, 0.1) is 29.3 Å². The molecule has 0 aliphatic rings. The molecule has 0 fully saturated rings. The number of nitrogen functional groups attached to an aromatic ring is 1. The van der Waals surface area contributed by atoms with E-state index in [1.165, 1.54) is 12.1 Å². The van der Waals surface area contributed by atoms with Crippen LogP contribution in [0, 0.1) is 22.6 Å². The summed E-state index contributed by atoms with van der Waals surface area (Å²) in [5.41, 5.74) is 5.08. The number of nitrogens with zero attached hydrogens (tertiary/aromatic N) is 1. The molecule has 0 aromatic heterocycles. The Morgan fingerprint density at radius 1 is 1.53 bits per heavy atom. The minimum Gasteiger partial charge on any atom is -0.462 e. The number of hydrogen-bond donors (Lipinski definition) is 1. The Balaban J connectivity index is 2.44. The van der Waals surface area contributed by atoms with E-state index in [1.807, 2.05) is 13.8 Å². The predicted molar refractivity (Wildman–Crippen MR) is 69.7 cm³/mol. The first-order valence-electron chi connectivity index (χ1n) is 5.99. The van der Waals surface area contributed by atoms with Crippen LogP contribution in [0.15, 0.2) is 18.2 Å². The molecule has 0 radical (unpaired) electrons. The average Bonchev–Trinajstić information content (AvgIpc) is 2.37. The molecule has 19 heavy (non-hydrogen) atoms. The number of rotatable bonds is 5. The van der Waals surface area contributed by atoms with Crippen LogP contribution in [0.2, 0.25) is 0 Å². The van der Waals surface area contributed by atoms with Gasteiger partial charge in [-0.05, 0) is 44.9 Å². The van der Waals surface area contributed by atoms with Crippen molar-refractivity contribution >= 4 is 11.7 Å². The third kappa shape index (κ3) is 4.59. The lowest BCUT2D eigenvalue weighted by Crippen LogP contribution is -2.12. The van der Waals surface area contributed by atoms with Crippen molar-refractivity contribution in [1.29, 1.82) is 5.26 Å². The molecule has 2 N–H and O–H groups in total. The van der Waals surface area contributed by atoms with Crippen LogP contribution >= 0.6 is 0 Å². The van der Waals surface area contributed by atoms with E-state index in [0.717, 1.165) is 6.07 Å². The van der Waals surface area contributed by atoms with Crippen molar-refractivity contribution in [1.82, 2.24) is 0 Å². The summed E-state index contributed by atoms with van der Waals surface area (Å²) in [5, 5.41) is 8.83. The molecule has 0 saturated carbocycles. The number of halogens is 1. The van der Waals surface area contributed by atoms with Gasteiger partial charge in [0, 0.05) is 0 Å². The fourth-order valence-corrected chi connectivity index (χ4v) is 1.49. The first-order chi connectivity index (χ1) is 8.85. The van der Waals surface area contributed by atoms with Gasteiger partial charge in [0.1, 0.15) is 5.82 Å². The number of hydrogen-bond acceptors (Lipinski definition) is 4. The lowest BCUT2D eigenvalue weighted by atomic mass is 9.90. The quantitative estimate of drug-likeness (QED) is 0.504. The molecule has 1 aromatic rings. The van der Waals surface area contributed by atoms with E-state index in [-0.39, 0.29) is 17.9 Å². The molecule has 4 nitrogen and oxygen atoms in total. The van der Waals surface area contributed by atoms with Crippen molar-refractivity contribution in [2.45, 2.75) is 26.7 Å². The highest BCUT2D eigenvalue weighted by atomic mass is 19.1. The SMILES string of the molecule is CC(C)(C#N)CCCOC(=O)c1ccc(F)c(N)c1. The van der Waals surface area contributed by atoms with E-state index >= 15 is 0 Å². The van der Waals surface area contributed by atoms with Gasteiger partial charge in [0.15, 0.2) is 0 Å². The third-order valence-corrected chi connectivity index (χ3v) is 2.71. The van der Waals surface area contributed by atoms with Crippen molar-refractivity contribution < 1.29 is 13.9 Å². The monoisotopic (exact) mass is 264 g/mol. The van der Waals surface area contributed by atoms with Gasteiger partial charge in [-0.15, -0.1) is 0 Å². The van der Waals surface area contributed by atoms with Gasteiger partial charge >= 0.3 is 5.97 Å². The number of ether oxygens (including phenoxy) is 1. The fraction of sp³-hybridized carbons (Fsp3) is 0.429. The Morgan fingerprint density at radius 3 is 2.79 bits per heavy atom. The van der Waals surface area contributed by atoms with Crippen LogP contribution in [0.25, 0.3) is 0 Å². The average molecular weight is 264 g/mol. The van der Waals surface area contributed by atoms with Crippen LogP contribution in [0.1, 0.15) is 37.0 Å². The summed E-state index contributed by atoms with van der Waals surface area (Å²) >= 11 is 0. The van der Waals surface area contributed by atoms with Gasteiger partial charge in [-0.3, -0.25) is 0 Å². The molecule has 0 amide bonds. The molecule has 5 heteroatoms. The second-order valence-electron chi connectivity index (χ2n) is 4.97. The summed E-state index contributed by atoms with van der Waals surface area (Å²) in [5.74, 6) is -1.10. The maximum absolute atomic E-state index is 12.9. The van der Waals surface area contributed by atoms with Gasteiger partial charge in [0.25, 0.3) is 0 Å². The molecule has 0 saturated heterocycles. The van der Waals surface area contributed by atoms with Gasteiger partial charge in [-0.2, -0.15) is 5.26 Å². The second kappa shape index (κ2) is 6.19. The minimum atomic E-state index is -0.563. The molecular weight excluding hydrogens is 247 g/mol. The van der Waals surface area contributed by atoms with Crippen LogP contribution in [0.5, 0.6) is 0 Å². The van der Waals surface area contributed by atoms with E-state index in [1.54, 1.807) is 0 Å². The van der Waals surface area contributed by atoms with E-state index in [0.29, 0.717) is 12.8 Å². The molecule has 0 atom stereocenters. The summed E-state index contributed by atoms with van der Waals surface area (Å²) in [4.78, 5) is 11.6. The Labute approximate surface area is 112 Å². The molecule has 1 rings (SSSR count). The molecule has 0 heterocycles. The summed E-state index contributed by atoms with van der Waals surface area (Å²) < 4.78 is 18.0. The minimum absolute atomic E-state index is 0.0833. The Bertz CT molecular complexity index is 507. The molecule has 0 spiro atoms. The van der Waals surface area contributed by atoms with E-state index in [2.05, 4.69) is 6.07 Å². The predicted octanol–water partition coefficient (Wildman–Crippen LogP) is 2.89. The van der Waals surface area contributed by atoms with Gasteiger partial charge in [0.2, 0.25) is 0 Å². The highest BCUT2D eigenvalue weighted by molar-refractivity contribution is 5.90. The number of esters is 1. The van der Waals surface area contributed by atoms with Crippen LogP contribution in [0.3, 0.4) is 0 Å². The lowest BCUT2D eigenvalue weighted by molar-refractivity contribution is 0.0491. The van der Waals surface area contributed by atoms with Gasteiger partial charge < -0.3 is 10.5 Å². The maximum Gasteiger partial charge on any atom is 0.338 e. The number of benzene rings is 1. The maximum atomic E-state index is 12.9. The zero-order valence-electron chi connectivity index (χ0n) is 11.1. The molecule has 0 bridgehead atoms. The Hall–Kier alpha value is -2.09. The molecule has 0 unspecified atom stereocenters. The normalized spacial score (nSPS) is 10.8. The van der Waals surface area contributed by atoms with Crippen LogP contribution in [0.4, 0.5) is 10.1 Å². The van der Waals surface area contributed by atoms with Crippen molar-refractivity contribution in [2.24, 2.45) is 5.41 Å². The summed E-state index contributed by atoms with van der Waals surface area (Å²) in [6, 6.07) is 5.88. The molecule has 1 aromatic carbocycles. The number of carbonyl (C=O) groups excluding carboxylic acids is 1. The largest absolute Gasteiger partial charge is 0.462 e. The lowest BCUT2D eigenvalue weighted by Gasteiger charge is -2.14. The van der Waals surface area contributed by atoms with E-state index in [4.69, 9.17) is 15.7 Å². The number of anilines is 1. The Kier molecular flexibility index (Phi) is 4.87. The first-order valence-corrected chi connectivity index (χ1v) is 5.99. The number of carbonyl (C=O) groups is 1. The smallest absolute Gasteiger partial charge is 0.338 e. The van der Waals surface area contributed by atoms with E-state index in [9.17, 15) is 9.18 Å². The summed E-state index contributed by atoms with van der Waals surface area (Å²) in [7, 11) is 0. The summed E-state index contributed by atoms with van der Waals surface area (Å²) in [6.07, 6.45) is 1.24. The molecule has 0 aliphatic carbocycles. The van der Waals surface area contributed by atoms with E-state index < -0.39 is 17.2 Å². The van der Waals surface area contributed by atoms with Crippen molar-refractivity contribution in [2.75, 3.05) is 12.3 Å². The van der Waals surface area contributed by atoms with Gasteiger partial charge in [-0.1, -0.05) is 0 Å².